The quantitative estimate of drug-likeness (QED) is 0.870. The molecule has 0 bridgehead atoms. The Kier molecular flexibility index (Phi) is 4.23. The number of benzene rings is 1. The molecule has 0 spiro atoms. The minimum atomic E-state index is -4.80. The lowest BCUT2D eigenvalue weighted by atomic mass is 9.78. The lowest BCUT2D eigenvalue weighted by Gasteiger charge is -2.32. The molecule has 0 atom stereocenters. The maximum atomic E-state index is 12.4. The Labute approximate surface area is 127 Å². The fraction of sp³-hybridized carbons (Fsp3) is 0.571. The van der Waals surface area contributed by atoms with Crippen molar-refractivity contribution >= 4 is 12.6 Å². The van der Waals surface area contributed by atoms with Gasteiger partial charge in [0, 0.05) is 0 Å². The van der Waals surface area contributed by atoms with Crippen LogP contribution < -0.4 is 10.2 Å². The molecule has 1 aromatic rings. The summed E-state index contributed by atoms with van der Waals surface area (Å²) in [5, 5.41) is 9.21. The molecule has 0 amide bonds. The largest absolute Gasteiger partial charge is 0.573 e. The zero-order valence-electron chi connectivity index (χ0n) is 12.8. The number of hydrogen-bond acceptors (Lipinski definition) is 4. The fourth-order valence-corrected chi connectivity index (χ4v) is 2.09. The molecule has 1 fully saturated rings. The fourth-order valence-electron chi connectivity index (χ4n) is 2.09. The molecule has 0 aromatic heterocycles. The minimum absolute atomic E-state index is 0.284. The number of aliphatic hydroxyl groups excluding tert-OH is 1. The third-order valence-corrected chi connectivity index (χ3v) is 3.93. The summed E-state index contributed by atoms with van der Waals surface area (Å²) in [6.07, 6.45) is -4.80. The van der Waals surface area contributed by atoms with E-state index in [1.807, 2.05) is 27.7 Å². The molecular formula is C14H18BF3O4. The van der Waals surface area contributed by atoms with Crippen molar-refractivity contribution in [3.63, 3.8) is 0 Å². The average Bonchev–Trinajstić information content (AvgIpc) is 2.56. The van der Waals surface area contributed by atoms with Crippen LogP contribution in [0.5, 0.6) is 5.75 Å². The summed E-state index contributed by atoms with van der Waals surface area (Å²) in [6.45, 7) is 6.96. The van der Waals surface area contributed by atoms with Crippen molar-refractivity contribution < 1.29 is 32.3 Å². The first kappa shape index (κ1) is 17.1. The average molecular weight is 318 g/mol. The minimum Gasteiger partial charge on any atom is -0.406 e. The molecule has 8 heteroatoms. The molecule has 1 aliphatic rings. The monoisotopic (exact) mass is 318 g/mol. The van der Waals surface area contributed by atoms with Crippen molar-refractivity contribution in [1.29, 1.82) is 0 Å². The van der Waals surface area contributed by atoms with Crippen LogP contribution in [-0.4, -0.2) is 29.8 Å². The van der Waals surface area contributed by atoms with Crippen LogP contribution in [0.25, 0.3) is 0 Å². The summed E-state index contributed by atoms with van der Waals surface area (Å²) in [4.78, 5) is 0. The van der Waals surface area contributed by atoms with Crippen LogP contribution in [0.3, 0.4) is 0 Å². The Bertz CT molecular complexity index is 542. The molecule has 0 radical (unpaired) electrons. The maximum Gasteiger partial charge on any atom is 0.573 e. The third-order valence-electron chi connectivity index (χ3n) is 3.93. The summed E-state index contributed by atoms with van der Waals surface area (Å²) in [7, 11) is -0.827. The van der Waals surface area contributed by atoms with E-state index in [2.05, 4.69) is 4.74 Å². The van der Waals surface area contributed by atoms with E-state index < -0.39 is 37.0 Å². The molecule has 22 heavy (non-hydrogen) atoms. The standard InChI is InChI=1S/C14H18BF3O4/c1-12(2)13(3,4)22-15(21-12)10-5-9(8-19)6-11(7-10)20-14(16,17)18/h5-7,19H,8H2,1-4H3. The number of ether oxygens (including phenoxy) is 1. The number of alkyl halides is 3. The van der Waals surface area contributed by atoms with Gasteiger partial charge in [0.05, 0.1) is 17.8 Å². The van der Waals surface area contributed by atoms with Gasteiger partial charge in [-0.15, -0.1) is 13.2 Å². The predicted octanol–water partition coefficient (Wildman–Crippen LogP) is 2.38. The number of halogens is 3. The van der Waals surface area contributed by atoms with E-state index in [1.54, 1.807) is 0 Å². The summed E-state index contributed by atoms with van der Waals surface area (Å²) in [5.41, 5.74) is -0.577. The molecule has 0 unspecified atom stereocenters. The van der Waals surface area contributed by atoms with E-state index in [0.29, 0.717) is 5.46 Å². The predicted molar refractivity (Wildman–Crippen MR) is 74.8 cm³/mol. The number of aliphatic hydroxyl groups is 1. The second-order valence-electron chi connectivity index (χ2n) is 6.20. The SMILES string of the molecule is CC1(C)OB(c2cc(CO)cc(OC(F)(F)F)c2)OC1(C)C. The second-order valence-corrected chi connectivity index (χ2v) is 6.20. The summed E-state index contributed by atoms with van der Waals surface area (Å²) < 4.78 is 52.7. The van der Waals surface area contributed by atoms with E-state index in [9.17, 15) is 18.3 Å². The van der Waals surface area contributed by atoms with E-state index in [4.69, 9.17) is 9.31 Å². The molecule has 122 valence electrons. The Hall–Kier alpha value is -1.25. The van der Waals surface area contributed by atoms with Gasteiger partial charge in [-0.1, -0.05) is 6.07 Å². The highest BCUT2D eigenvalue weighted by atomic mass is 19.4. The first-order valence-corrected chi connectivity index (χ1v) is 6.80. The zero-order valence-corrected chi connectivity index (χ0v) is 12.8. The van der Waals surface area contributed by atoms with Gasteiger partial charge < -0.3 is 19.2 Å². The topological polar surface area (TPSA) is 47.9 Å². The highest BCUT2D eigenvalue weighted by molar-refractivity contribution is 6.62. The molecule has 4 nitrogen and oxygen atoms in total. The lowest BCUT2D eigenvalue weighted by Crippen LogP contribution is -2.41. The van der Waals surface area contributed by atoms with Gasteiger partial charge in [-0.3, -0.25) is 0 Å². The van der Waals surface area contributed by atoms with Gasteiger partial charge in [0.2, 0.25) is 0 Å². The molecule has 0 aliphatic carbocycles. The van der Waals surface area contributed by atoms with Gasteiger partial charge in [-0.25, -0.2) is 0 Å². The Balaban J connectivity index is 2.34. The van der Waals surface area contributed by atoms with E-state index in [1.165, 1.54) is 12.1 Å². The smallest absolute Gasteiger partial charge is 0.406 e. The van der Waals surface area contributed by atoms with Gasteiger partial charge in [0.15, 0.2) is 0 Å². The Morgan fingerprint density at radius 1 is 1.09 bits per heavy atom. The van der Waals surface area contributed by atoms with Crippen LogP contribution in [0, 0.1) is 0 Å². The van der Waals surface area contributed by atoms with Gasteiger partial charge >= 0.3 is 13.5 Å². The van der Waals surface area contributed by atoms with Gasteiger partial charge in [-0.05, 0) is 50.9 Å². The number of hydrogen-bond donors (Lipinski definition) is 1. The van der Waals surface area contributed by atoms with Crippen LogP contribution >= 0.6 is 0 Å². The van der Waals surface area contributed by atoms with Crippen molar-refractivity contribution in [1.82, 2.24) is 0 Å². The van der Waals surface area contributed by atoms with Crippen molar-refractivity contribution in [2.24, 2.45) is 0 Å². The van der Waals surface area contributed by atoms with Crippen LogP contribution in [0.1, 0.15) is 33.3 Å². The second kappa shape index (κ2) is 5.44. The number of rotatable bonds is 3. The highest BCUT2D eigenvalue weighted by Crippen LogP contribution is 2.37. The Morgan fingerprint density at radius 3 is 2.09 bits per heavy atom. The van der Waals surface area contributed by atoms with Gasteiger partial charge in [0.1, 0.15) is 5.75 Å². The summed E-state index contributed by atoms with van der Waals surface area (Å²) in [6, 6.07) is 3.86. The summed E-state index contributed by atoms with van der Waals surface area (Å²) in [5.74, 6) is -0.413. The normalized spacial score (nSPS) is 20.3. The van der Waals surface area contributed by atoms with Crippen LogP contribution in [0.4, 0.5) is 13.2 Å². The lowest BCUT2D eigenvalue weighted by molar-refractivity contribution is -0.274. The molecule has 1 N–H and O–H groups in total. The van der Waals surface area contributed by atoms with Crippen molar-refractivity contribution in [2.45, 2.75) is 51.9 Å². The zero-order chi connectivity index (χ0) is 16.8. The molecule has 1 heterocycles. The summed E-state index contributed by atoms with van der Waals surface area (Å²) >= 11 is 0. The molecule has 1 aromatic carbocycles. The van der Waals surface area contributed by atoms with Crippen LogP contribution in [0.2, 0.25) is 0 Å². The maximum absolute atomic E-state index is 12.4. The first-order valence-electron chi connectivity index (χ1n) is 6.80. The van der Waals surface area contributed by atoms with E-state index in [-0.39, 0.29) is 5.56 Å². The van der Waals surface area contributed by atoms with Crippen molar-refractivity contribution in [2.75, 3.05) is 0 Å². The third kappa shape index (κ3) is 3.56. The van der Waals surface area contributed by atoms with Crippen molar-refractivity contribution in [3.05, 3.63) is 23.8 Å². The van der Waals surface area contributed by atoms with Gasteiger partial charge in [-0.2, -0.15) is 0 Å². The first-order chi connectivity index (χ1) is 9.93. The molecular weight excluding hydrogens is 300 g/mol. The van der Waals surface area contributed by atoms with Gasteiger partial charge in [0.25, 0.3) is 0 Å². The molecule has 2 rings (SSSR count). The highest BCUT2D eigenvalue weighted by Gasteiger charge is 2.51. The Morgan fingerprint density at radius 2 is 1.64 bits per heavy atom. The molecule has 1 saturated heterocycles. The van der Waals surface area contributed by atoms with E-state index in [0.717, 1.165) is 6.07 Å². The van der Waals surface area contributed by atoms with Crippen LogP contribution in [0.15, 0.2) is 18.2 Å². The van der Waals surface area contributed by atoms with E-state index >= 15 is 0 Å². The van der Waals surface area contributed by atoms with Crippen LogP contribution in [-0.2, 0) is 15.9 Å². The molecule has 0 saturated carbocycles. The molecule has 1 aliphatic heterocycles. The van der Waals surface area contributed by atoms with Crippen molar-refractivity contribution in [3.8, 4) is 5.75 Å².